The van der Waals surface area contributed by atoms with Crippen LogP contribution in [-0.4, -0.2) is 0 Å². The van der Waals surface area contributed by atoms with Gasteiger partial charge in [-0.3, -0.25) is 0 Å². The second-order valence-electron chi connectivity index (χ2n) is 1.85. The van der Waals surface area contributed by atoms with E-state index in [1.807, 2.05) is 24.3 Å². The molecule has 1 aliphatic carbocycles. The van der Waals surface area contributed by atoms with Crippen LogP contribution in [0, 0.1) is 12.3 Å². The van der Waals surface area contributed by atoms with Crippen LogP contribution < -0.4 is 0 Å². The van der Waals surface area contributed by atoms with E-state index in [9.17, 15) is 0 Å². The van der Waals surface area contributed by atoms with E-state index in [1.54, 1.807) is 0 Å². The van der Waals surface area contributed by atoms with Crippen LogP contribution in [0.1, 0.15) is 6.42 Å². The van der Waals surface area contributed by atoms with Crippen molar-refractivity contribution in [2.45, 2.75) is 6.42 Å². The van der Waals surface area contributed by atoms with Gasteiger partial charge in [0.1, 0.15) is 0 Å². The first-order valence-corrected chi connectivity index (χ1v) is 2.92. The van der Waals surface area contributed by atoms with Crippen molar-refractivity contribution < 1.29 is 0 Å². The largest absolute Gasteiger partial charge is 0.115 e. The van der Waals surface area contributed by atoms with E-state index >= 15 is 0 Å². The molecule has 0 aromatic rings. The third-order valence-electron chi connectivity index (χ3n) is 1.18. The normalized spacial score (nSPS) is 16.1. The molecule has 0 heteroatoms. The Morgan fingerprint density at radius 3 is 3.00 bits per heavy atom. The topological polar surface area (TPSA) is 0 Å². The number of rotatable bonds is 0. The van der Waals surface area contributed by atoms with Crippen LogP contribution in [-0.2, 0) is 0 Å². The van der Waals surface area contributed by atoms with Gasteiger partial charge in [-0.2, -0.15) is 0 Å². The Kier molecular flexibility index (Phi) is 1.93. The summed E-state index contributed by atoms with van der Waals surface area (Å²) in [5.74, 6) is 2.60. The van der Waals surface area contributed by atoms with Gasteiger partial charge in [0.2, 0.25) is 0 Å². The number of terminal acetylenes is 1. The highest BCUT2D eigenvalue weighted by Crippen LogP contribution is 2.04. The standard InChI is InChI=1S/C9H8/c1-2-9-7-5-3-4-6-8-9/h1,3-7H,8H2. The molecule has 0 radical (unpaired) electrons. The molecule has 0 amide bonds. The molecule has 0 bridgehead atoms. The van der Waals surface area contributed by atoms with Gasteiger partial charge in [-0.05, 0) is 6.42 Å². The first kappa shape index (κ1) is 5.91. The quantitative estimate of drug-likeness (QED) is 0.425. The summed E-state index contributed by atoms with van der Waals surface area (Å²) in [5, 5.41) is 0. The van der Waals surface area contributed by atoms with E-state index in [-0.39, 0.29) is 0 Å². The second-order valence-corrected chi connectivity index (χ2v) is 1.85. The zero-order valence-corrected chi connectivity index (χ0v) is 5.17. The maximum absolute atomic E-state index is 5.19. The lowest BCUT2D eigenvalue weighted by Gasteiger charge is -1.86. The zero-order chi connectivity index (χ0) is 6.53. The van der Waals surface area contributed by atoms with Gasteiger partial charge in [0.05, 0.1) is 0 Å². The first-order chi connectivity index (χ1) is 4.43. The molecule has 0 fully saturated rings. The van der Waals surface area contributed by atoms with E-state index in [4.69, 9.17) is 6.42 Å². The van der Waals surface area contributed by atoms with Crippen molar-refractivity contribution in [3.05, 3.63) is 36.0 Å². The minimum atomic E-state index is 0.892. The summed E-state index contributed by atoms with van der Waals surface area (Å²) in [4.78, 5) is 0. The van der Waals surface area contributed by atoms with Crippen LogP contribution in [0.25, 0.3) is 0 Å². The summed E-state index contributed by atoms with van der Waals surface area (Å²) in [7, 11) is 0. The van der Waals surface area contributed by atoms with Crippen molar-refractivity contribution in [3.63, 3.8) is 0 Å². The maximum Gasteiger partial charge on any atom is 0.00553 e. The van der Waals surface area contributed by atoms with Gasteiger partial charge in [-0.25, -0.2) is 0 Å². The van der Waals surface area contributed by atoms with Crippen LogP contribution >= 0.6 is 0 Å². The molecular weight excluding hydrogens is 108 g/mol. The molecule has 0 heterocycles. The maximum atomic E-state index is 5.19. The number of allylic oxidation sites excluding steroid dienone is 6. The third kappa shape index (κ3) is 1.62. The molecule has 44 valence electrons. The van der Waals surface area contributed by atoms with Crippen LogP contribution in [0.15, 0.2) is 36.0 Å². The monoisotopic (exact) mass is 116 g/mol. The van der Waals surface area contributed by atoms with Crippen molar-refractivity contribution in [3.8, 4) is 12.3 Å². The van der Waals surface area contributed by atoms with Gasteiger partial charge in [0.15, 0.2) is 0 Å². The molecule has 0 aromatic carbocycles. The molecule has 0 N–H and O–H groups in total. The molecule has 0 aromatic heterocycles. The van der Waals surface area contributed by atoms with E-state index in [2.05, 4.69) is 12.0 Å². The molecule has 0 saturated carbocycles. The van der Waals surface area contributed by atoms with Gasteiger partial charge in [-0.15, -0.1) is 6.42 Å². The zero-order valence-electron chi connectivity index (χ0n) is 5.17. The summed E-state index contributed by atoms with van der Waals surface area (Å²) in [6.07, 6.45) is 16.0. The Balaban J connectivity index is 2.77. The molecule has 0 nitrogen and oxygen atoms in total. The van der Waals surface area contributed by atoms with Crippen molar-refractivity contribution >= 4 is 0 Å². The van der Waals surface area contributed by atoms with Crippen molar-refractivity contribution in [2.24, 2.45) is 0 Å². The lowest BCUT2D eigenvalue weighted by Crippen LogP contribution is -1.70. The van der Waals surface area contributed by atoms with Gasteiger partial charge in [0.25, 0.3) is 0 Å². The van der Waals surface area contributed by atoms with Crippen LogP contribution in [0.4, 0.5) is 0 Å². The lowest BCUT2D eigenvalue weighted by molar-refractivity contribution is 1.32. The summed E-state index contributed by atoms with van der Waals surface area (Å²) in [6, 6.07) is 0. The fourth-order valence-electron chi connectivity index (χ4n) is 0.685. The van der Waals surface area contributed by atoms with Gasteiger partial charge >= 0.3 is 0 Å². The van der Waals surface area contributed by atoms with Crippen molar-refractivity contribution in [1.29, 1.82) is 0 Å². The smallest absolute Gasteiger partial charge is 0.00553 e. The number of hydrogen-bond acceptors (Lipinski definition) is 0. The molecular formula is C9H8. The average Bonchev–Trinajstić information content (AvgIpc) is 2.13. The fraction of sp³-hybridized carbons (Fsp3) is 0.111. The van der Waals surface area contributed by atoms with Crippen molar-refractivity contribution in [1.82, 2.24) is 0 Å². The molecule has 0 unspecified atom stereocenters. The molecule has 0 aliphatic heterocycles. The number of hydrogen-bond donors (Lipinski definition) is 0. The third-order valence-corrected chi connectivity index (χ3v) is 1.18. The predicted octanol–water partition coefficient (Wildman–Crippen LogP) is 2.06. The Hall–Kier alpha value is -1.22. The van der Waals surface area contributed by atoms with Crippen LogP contribution in [0.5, 0.6) is 0 Å². The second kappa shape index (κ2) is 2.94. The van der Waals surface area contributed by atoms with Gasteiger partial charge in [-0.1, -0.05) is 36.3 Å². The van der Waals surface area contributed by atoms with Crippen LogP contribution in [0.3, 0.4) is 0 Å². The predicted molar refractivity (Wildman–Crippen MR) is 39.8 cm³/mol. The average molecular weight is 116 g/mol. The van der Waals surface area contributed by atoms with E-state index in [1.165, 1.54) is 0 Å². The fourth-order valence-corrected chi connectivity index (χ4v) is 0.685. The highest BCUT2D eigenvalue weighted by Gasteiger charge is 1.86. The lowest BCUT2D eigenvalue weighted by atomic mass is 10.2. The minimum Gasteiger partial charge on any atom is -0.115 e. The molecule has 0 saturated heterocycles. The molecule has 0 spiro atoms. The Labute approximate surface area is 55.6 Å². The Morgan fingerprint density at radius 1 is 1.33 bits per heavy atom. The summed E-state index contributed by atoms with van der Waals surface area (Å²) < 4.78 is 0. The molecule has 0 atom stereocenters. The summed E-state index contributed by atoms with van der Waals surface area (Å²) in [6.45, 7) is 0. The van der Waals surface area contributed by atoms with Gasteiger partial charge < -0.3 is 0 Å². The van der Waals surface area contributed by atoms with Gasteiger partial charge in [0, 0.05) is 5.57 Å². The highest BCUT2D eigenvalue weighted by molar-refractivity contribution is 5.34. The van der Waals surface area contributed by atoms with E-state index in [0.717, 1.165) is 12.0 Å². The van der Waals surface area contributed by atoms with Crippen molar-refractivity contribution in [2.75, 3.05) is 0 Å². The Bertz CT molecular complexity index is 209. The summed E-state index contributed by atoms with van der Waals surface area (Å²) >= 11 is 0. The van der Waals surface area contributed by atoms with E-state index in [0.29, 0.717) is 0 Å². The SMILES string of the molecule is C#CC1=CC=CC=CC1. The Morgan fingerprint density at radius 2 is 2.22 bits per heavy atom. The molecule has 1 aliphatic rings. The highest BCUT2D eigenvalue weighted by atomic mass is 13.9. The summed E-state index contributed by atoms with van der Waals surface area (Å²) in [5.41, 5.74) is 1.04. The van der Waals surface area contributed by atoms with Crippen LogP contribution in [0.2, 0.25) is 0 Å². The molecule has 9 heavy (non-hydrogen) atoms. The minimum absolute atomic E-state index is 0.892. The molecule has 1 rings (SSSR count). The van der Waals surface area contributed by atoms with E-state index < -0.39 is 0 Å². The first-order valence-electron chi connectivity index (χ1n) is 2.92.